The predicted octanol–water partition coefficient (Wildman–Crippen LogP) is 3.78. The van der Waals surface area contributed by atoms with E-state index in [0.717, 1.165) is 5.92 Å². The van der Waals surface area contributed by atoms with Crippen LogP contribution in [0.5, 0.6) is 0 Å². The van der Waals surface area contributed by atoms with Crippen LogP contribution in [0.2, 0.25) is 0 Å². The molecule has 0 bridgehead atoms. The molecule has 1 radical (unpaired) electrons. The Labute approximate surface area is 87.4 Å². The maximum Gasteiger partial charge on any atom is 0.00126 e. The molecule has 75 valence electrons. The zero-order valence-electron chi connectivity index (χ0n) is 9.06. The Kier molecular flexibility index (Phi) is 2.90. The van der Waals surface area contributed by atoms with Crippen LogP contribution in [0, 0.1) is 30.1 Å². The molecule has 2 aliphatic rings. The molecular formula is C14H19. The highest BCUT2D eigenvalue weighted by atomic mass is 14.2. The second-order valence-electron chi connectivity index (χ2n) is 4.62. The maximum atomic E-state index is 2.46. The summed E-state index contributed by atoms with van der Waals surface area (Å²) in [6.45, 7) is 4.50. The molecule has 0 spiro atoms. The van der Waals surface area contributed by atoms with Gasteiger partial charge < -0.3 is 0 Å². The lowest BCUT2D eigenvalue weighted by Crippen LogP contribution is -2.16. The van der Waals surface area contributed by atoms with E-state index in [0.29, 0.717) is 17.8 Å². The van der Waals surface area contributed by atoms with Crippen LogP contribution in [0.4, 0.5) is 0 Å². The summed E-state index contributed by atoms with van der Waals surface area (Å²) in [5.74, 6) is 2.60. The second-order valence-corrected chi connectivity index (χ2v) is 4.62. The van der Waals surface area contributed by atoms with Crippen molar-refractivity contribution < 1.29 is 0 Å². The Morgan fingerprint density at radius 1 is 0.786 bits per heavy atom. The highest BCUT2D eigenvalue weighted by molar-refractivity contribution is 5.19. The van der Waals surface area contributed by atoms with Gasteiger partial charge in [0, 0.05) is 5.92 Å². The third kappa shape index (κ3) is 2.17. The van der Waals surface area contributed by atoms with Gasteiger partial charge in [-0.2, -0.15) is 0 Å². The molecule has 0 heteroatoms. The average Bonchev–Trinajstić information content (AvgIpc) is 2.21. The van der Waals surface area contributed by atoms with E-state index in [1.54, 1.807) is 0 Å². The molecule has 2 rings (SSSR count). The molecule has 2 unspecified atom stereocenters. The third-order valence-corrected chi connectivity index (χ3v) is 3.16. The first kappa shape index (κ1) is 9.76. The summed E-state index contributed by atoms with van der Waals surface area (Å²) in [5.41, 5.74) is 0. The van der Waals surface area contributed by atoms with Gasteiger partial charge in [0.1, 0.15) is 0 Å². The van der Waals surface area contributed by atoms with E-state index in [9.17, 15) is 0 Å². The molecule has 0 fully saturated rings. The van der Waals surface area contributed by atoms with Crippen LogP contribution in [0.25, 0.3) is 0 Å². The Morgan fingerprint density at radius 3 is 2.00 bits per heavy atom. The van der Waals surface area contributed by atoms with Crippen LogP contribution in [0.1, 0.15) is 20.3 Å². The molecule has 0 aromatic carbocycles. The minimum atomic E-state index is 0.606. The fraction of sp³-hybridized carbons (Fsp3) is 0.500. The third-order valence-electron chi connectivity index (χ3n) is 3.16. The topological polar surface area (TPSA) is 0 Å². The summed E-state index contributed by atoms with van der Waals surface area (Å²) in [5, 5.41) is 0. The minimum absolute atomic E-state index is 0.606. The first-order chi connectivity index (χ1) is 6.75. The van der Waals surface area contributed by atoms with Gasteiger partial charge in [-0.25, -0.2) is 0 Å². The Hall–Kier alpha value is -0.780. The summed E-state index contributed by atoms with van der Waals surface area (Å²) < 4.78 is 0. The van der Waals surface area contributed by atoms with E-state index in [4.69, 9.17) is 0 Å². The van der Waals surface area contributed by atoms with Gasteiger partial charge in [0.05, 0.1) is 0 Å². The SMILES string of the molecule is CC1C=CC(C2[CH]CC(C)C=C2)C=C1. The molecule has 0 nitrogen and oxygen atoms in total. The van der Waals surface area contributed by atoms with Gasteiger partial charge in [-0.15, -0.1) is 0 Å². The number of hydrogen-bond donors (Lipinski definition) is 0. The molecule has 0 saturated carbocycles. The first-order valence-corrected chi connectivity index (χ1v) is 5.64. The van der Waals surface area contributed by atoms with Crippen LogP contribution in [0.15, 0.2) is 36.5 Å². The lowest BCUT2D eigenvalue weighted by atomic mass is 9.79. The lowest BCUT2D eigenvalue weighted by Gasteiger charge is -2.26. The number of rotatable bonds is 1. The van der Waals surface area contributed by atoms with Crippen molar-refractivity contribution in [2.24, 2.45) is 23.7 Å². The van der Waals surface area contributed by atoms with Crippen LogP contribution >= 0.6 is 0 Å². The Balaban J connectivity index is 2.00. The van der Waals surface area contributed by atoms with Crippen molar-refractivity contribution in [3.05, 3.63) is 42.9 Å². The largest absolute Gasteiger partial charge is 0.0854 e. The van der Waals surface area contributed by atoms with Gasteiger partial charge in [0.15, 0.2) is 0 Å². The number of allylic oxidation sites excluding steroid dienone is 6. The van der Waals surface area contributed by atoms with Gasteiger partial charge in [-0.1, -0.05) is 50.3 Å². The standard InChI is InChI=1S/C14H19/c1-11-3-7-13(8-4-11)14-9-5-12(2)6-10-14/h3-5,7-14H,6H2,1-2H3. The molecule has 0 aromatic heterocycles. The normalized spacial score (nSPS) is 41.6. The van der Waals surface area contributed by atoms with Crippen LogP contribution in [0.3, 0.4) is 0 Å². The monoisotopic (exact) mass is 187 g/mol. The van der Waals surface area contributed by atoms with Crippen molar-refractivity contribution in [1.82, 2.24) is 0 Å². The second kappa shape index (κ2) is 4.16. The fourth-order valence-electron chi connectivity index (χ4n) is 2.12. The zero-order valence-corrected chi connectivity index (χ0v) is 9.06. The van der Waals surface area contributed by atoms with E-state index >= 15 is 0 Å². The molecule has 14 heavy (non-hydrogen) atoms. The maximum absolute atomic E-state index is 2.46. The zero-order chi connectivity index (χ0) is 9.97. The van der Waals surface area contributed by atoms with Crippen molar-refractivity contribution in [3.63, 3.8) is 0 Å². The van der Waals surface area contributed by atoms with Crippen LogP contribution in [-0.2, 0) is 0 Å². The summed E-state index contributed by atoms with van der Waals surface area (Å²) in [6, 6.07) is 0. The van der Waals surface area contributed by atoms with Crippen molar-refractivity contribution in [2.45, 2.75) is 20.3 Å². The van der Waals surface area contributed by atoms with Crippen LogP contribution in [-0.4, -0.2) is 0 Å². The molecule has 0 aliphatic heterocycles. The van der Waals surface area contributed by atoms with Crippen molar-refractivity contribution >= 4 is 0 Å². The quantitative estimate of drug-likeness (QED) is 0.548. The Bertz CT molecular complexity index is 256. The van der Waals surface area contributed by atoms with Crippen LogP contribution < -0.4 is 0 Å². The van der Waals surface area contributed by atoms with E-state index in [1.807, 2.05) is 0 Å². The molecule has 0 saturated heterocycles. The molecule has 0 aromatic rings. The van der Waals surface area contributed by atoms with E-state index in [-0.39, 0.29) is 0 Å². The van der Waals surface area contributed by atoms with Gasteiger partial charge in [-0.3, -0.25) is 0 Å². The molecule has 0 heterocycles. The van der Waals surface area contributed by atoms with Crippen molar-refractivity contribution in [1.29, 1.82) is 0 Å². The molecule has 2 aliphatic carbocycles. The summed E-state index contributed by atoms with van der Waals surface area (Å²) >= 11 is 0. The number of hydrogen-bond acceptors (Lipinski definition) is 0. The molecular weight excluding hydrogens is 168 g/mol. The van der Waals surface area contributed by atoms with E-state index in [2.05, 4.69) is 56.7 Å². The van der Waals surface area contributed by atoms with E-state index in [1.165, 1.54) is 6.42 Å². The lowest BCUT2D eigenvalue weighted by molar-refractivity contribution is 0.529. The first-order valence-electron chi connectivity index (χ1n) is 5.64. The summed E-state index contributed by atoms with van der Waals surface area (Å²) in [6.07, 6.45) is 17.7. The van der Waals surface area contributed by atoms with Gasteiger partial charge in [-0.05, 0) is 30.6 Å². The fourth-order valence-corrected chi connectivity index (χ4v) is 2.12. The summed E-state index contributed by atoms with van der Waals surface area (Å²) in [4.78, 5) is 0. The highest BCUT2D eigenvalue weighted by Gasteiger charge is 2.20. The summed E-state index contributed by atoms with van der Waals surface area (Å²) in [7, 11) is 0. The molecule has 0 amide bonds. The molecule has 2 atom stereocenters. The molecule has 0 N–H and O–H groups in total. The Morgan fingerprint density at radius 2 is 1.43 bits per heavy atom. The average molecular weight is 187 g/mol. The van der Waals surface area contributed by atoms with Gasteiger partial charge in [0.2, 0.25) is 0 Å². The smallest absolute Gasteiger partial charge is 0.00126 e. The van der Waals surface area contributed by atoms with Gasteiger partial charge >= 0.3 is 0 Å². The van der Waals surface area contributed by atoms with Gasteiger partial charge in [0.25, 0.3) is 0 Å². The van der Waals surface area contributed by atoms with E-state index < -0.39 is 0 Å². The highest BCUT2D eigenvalue weighted by Crippen LogP contribution is 2.30. The minimum Gasteiger partial charge on any atom is -0.0854 e. The van der Waals surface area contributed by atoms with Crippen molar-refractivity contribution in [3.8, 4) is 0 Å². The van der Waals surface area contributed by atoms with Crippen molar-refractivity contribution in [2.75, 3.05) is 0 Å². The predicted molar refractivity (Wildman–Crippen MR) is 61.6 cm³/mol.